The van der Waals surface area contributed by atoms with Crippen LogP contribution in [0, 0.1) is 17.0 Å². The Labute approximate surface area is 157 Å². The van der Waals surface area contributed by atoms with Crippen molar-refractivity contribution in [3.8, 4) is 10.6 Å². The summed E-state index contributed by atoms with van der Waals surface area (Å²) in [6.45, 7) is 2.12. The summed E-state index contributed by atoms with van der Waals surface area (Å²) in [4.78, 5) is 25.0. The van der Waals surface area contributed by atoms with Crippen LogP contribution < -0.4 is 5.32 Å². The molecule has 4 rings (SSSR count). The molecule has 1 aromatic carbocycles. The number of anilines is 1. The van der Waals surface area contributed by atoms with E-state index in [1.165, 1.54) is 17.0 Å². The van der Waals surface area contributed by atoms with Gasteiger partial charge in [0.25, 0.3) is 5.69 Å². The zero-order chi connectivity index (χ0) is 19.0. The first-order valence-corrected chi connectivity index (χ1v) is 8.96. The summed E-state index contributed by atoms with van der Waals surface area (Å²) in [6, 6.07) is 12.1. The molecule has 1 amide bonds. The Balaban J connectivity index is 1.47. The van der Waals surface area contributed by atoms with Gasteiger partial charge in [0.2, 0.25) is 5.91 Å². The molecule has 27 heavy (non-hydrogen) atoms. The van der Waals surface area contributed by atoms with Gasteiger partial charge in [-0.1, -0.05) is 0 Å². The molecule has 0 aliphatic rings. The Hall–Kier alpha value is -3.46. The van der Waals surface area contributed by atoms with Gasteiger partial charge in [-0.3, -0.25) is 20.0 Å². The van der Waals surface area contributed by atoms with Gasteiger partial charge in [0.05, 0.1) is 15.5 Å². The third-order valence-corrected chi connectivity index (χ3v) is 5.16. The number of nitrogens with zero attached hydrogens (tertiary/aromatic N) is 3. The highest BCUT2D eigenvalue weighted by atomic mass is 32.1. The predicted octanol–water partition coefficient (Wildman–Crippen LogP) is 3.95. The smallest absolute Gasteiger partial charge is 0.270 e. The minimum atomic E-state index is -0.437. The predicted molar refractivity (Wildman–Crippen MR) is 104 cm³/mol. The zero-order valence-corrected chi connectivity index (χ0v) is 15.1. The molecule has 9 heteroatoms. The summed E-state index contributed by atoms with van der Waals surface area (Å²) in [5.74, 6) is 0.222. The van der Waals surface area contributed by atoms with E-state index >= 15 is 0 Å². The van der Waals surface area contributed by atoms with Crippen molar-refractivity contribution in [2.45, 2.75) is 13.5 Å². The fourth-order valence-electron chi connectivity index (χ4n) is 2.87. The third-order valence-electron chi connectivity index (χ3n) is 4.13. The number of H-pyrrole nitrogens is 1. The molecular formula is C18H15N5O3S. The number of nitrogens with one attached hydrogen (secondary N) is 2. The van der Waals surface area contributed by atoms with Gasteiger partial charge in [-0.25, -0.2) is 0 Å². The average molecular weight is 381 g/mol. The number of rotatable bonds is 5. The second-order valence-corrected chi connectivity index (χ2v) is 7.36. The van der Waals surface area contributed by atoms with Crippen LogP contribution in [0.5, 0.6) is 0 Å². The van der Waals surface area contributed by atoms with Crippen LogP contribution in [0.25, 0.3) is 21.5 Å². The summed E-state index contributed by atoms with van der Waals surface area (Å²) >= 11 is 1.65. The minimum absolute atomic E-state index is 0.0255. The highest BCUT2D eigenvalue weighted by Crippen LogP contribution is 2.27. The number of amides is 1. The Morgan fingerprint density at radius 2 is 2.15 bits per heavy atom. The van der Waals surface area contributed by atoms with Crippen molar-refractivity contribution in [3.63, 3.8) is 0 Å². The van der Waals surface area contributed by atoms with Crippen molar-refractivity contribution in [1.82, 2.24) is 14.8 Å². The molecule has 136 valence electrons. The van der Waals surface area contributed by atoms with Crippen molar-refractivity contribution in [2.75, 3.05) is 5.32 Å². The van der Waals surface area contributed by atoms with Crippen LogP contribution >= 0.6 is 11.3 Å². The maximum atomic E-state index is 12.4. The monoisotopic (exact) mass is 381 g/mol. The number of carbonyl (C=O) groups is 1. The largest absolute Gasteiger partial charge is 0.338 e. The first kappa shape index (κ1) is 17.0. The molecule has 0 aliphatic carbocycles. The van der Waals surface area contributed by atoms with E-state index < -0.39 is 4.92 Å². The molecule has 3 aromatic heterocycles. The number of carbonyl (C=O) groups excluding carboxylic acids is 1. The number of aromatic amines is 1. The van der Waals surface area contributed by atoms with E-state index in [0.717, 1.165) is 16.1 Å². The summed E-state index contributed by atoms with van der Waals surface area (Å²) in [5.41, 5.74) is 1.63. The maximum Gasteiger partial charge on any atom is 0.270 e. The first-order chi connectivity index (χ1) is 13.0. The van der Waals surface area contributed by atoms with Gasteiger partial charge in [-0.2, -0.15) is 5.10 Å². The van der Waals surface area contributed by atoms with Crippen molar-refractivity contribution in [1.29, 1.82) is 0 Å². The van der Waals surface area contributed by atoms with Crippen LogP contribution in [0.1, 0.15) is 4.88 Å². The molecule has 3 heterocycles. The highest BCUT2D eigenvalue weighted by molar-refractivity contribution is 7.15. The molecule has 0 atom stereocenters. The van der Waals surface area contributed by atoms with Gasteiger partial charge >= 0.3 is 0 Å². The Morgan fingerprint density at radius 3 is 2.89 bits per heavy atom. The Bertz CT molecular complexity index is 1160. The van der Waals surface area contributed by atoms with Crippen molar-refractivity contribution < 1.29 is 9.72 Å². The summed E-state index contributed by atoms with van der Waals surface area (Å²) in [6.07, 6.45) is 1.73. The molecule has 4 aromatic rings. The van der Waals surface area contributed by atoms with E-state index in [1.807, 2.05) is 19.1 Å². The fraction of sp³-hybridized carbons (Fsp3) is 0.111. The molecule has 0 spiro atoms. The molecule has 0 saturated carbocycles. The summed E-state index contributed by atoms with van der Waals surface area (Å²) in [5, 5.41) is 21.4. The van der Waals surface area contributed by atoms with Crippen LogP contribution in [0.4, 0.5) is 11.5 Å². The molecule has 0 fully saturated rings. The first-order valence-electron chi connectivity index (χ1n) is 8.15. The molecule has 0 unspecified atom stereocenters. The van der Waals surface area contributed by atoms with Gasteiger partial charge < -0.3 is 9.88 Å². The Kier molecular flexibility index (Phi) is 4.21. The van der Waals surface area contributed by atoms with E-state index in [0.29, 0.717) is 11.2 Å². The topological polar surface area (TPSA) is 106 Å². The standard InChI is InChI=1S/C18H15N5O3S/c1-11-2-5-16(27-11)14-9-17(21-20-14)19-18(24)10-22-7-6-12-8-13(23(25)26)3-4-15(12)22/h2-9H,10H2,1H3,(H2,19,20,21,24). The number of nitro groups is 1. The van der Waals surface area contributed by atoms with E-state index in [1.54, 1.807) is 40.3 Å². The quantitative estimate of drug-likeness (QED) is 0.403. The average Bonchev–Trinajstić information content (AvgIpc) is 3.35. The molecular weight excluding hydrogens is 366 g/mol. The van der Waals surface area contributed by atoms with Crippen LogP contribution in [0.15, 0.2) is 48.7 Å². The second kappa shape index (κ2) is 6.69. The second-order valence-electron chi connectivity index (χ2n) is 6.07. The zero-order valence-electron chi connectivity index (χ0n) is 14.3. The lowest BCUT2D eigenvalue weighted by Gasteiger charge is -2.05. The number of thiophene rings is 1. The number of hydrogen-bond acceptors (Lipinski definition) is 5. The SMILES string of the molecule is Cc1ccc(-c2cc(NC(=O)Cn3ccc4cc([N+](=O)[O-])ccc43)n[nH]2)s1. The van der Waals surface area contributed by atoms with E-state index in [2.05, 4.69) is 15.5 Å². The summed E-state index contributed by atoms with van der Waals surface area (Å²) in [7, 11) is 0. The van der Waals surface area contributed by atoms with E-state index in [-0.39, 0.29) is 18.1 Å². The van der Waals surface area contributed by atoms with Gasteiger partial charge in [0, 0.05) is 40.2 Å². The minimum Gasteiger partial charge on any atom is -0.338 e. The molecule has 0 bridgehead atoms. The number of nitro benzene ring substituents is 1. The molecule has 0 aliphatic heterocycles. The molecule has 0 saturated heterocycles. The number of aryl methyl sites for hydroxylation is 1. The van der Waals surface area contributed by atoms with Crippen LogP contribution in [0.3, 0.4) is 0 Å². The number of non-ortho nitro benzene ring substituents is 1. The highest BCUT2D eigenvalue weighted by Gasteiger charge is 2.12. The molecule has 2 N–H and O–H groups in total. The van der Waals surface area contributed by atoms with Gasteiger partial charge in [-0.15, -0.1) is 11.3 Å². The summed E-state index contributed by atoms with van der Waals surface area (Å²) < 4.78 is 1.74. The van der Waals surface area contributed by atoms with Crippen molar-refractivity contribution >= 4 is 39.7 Å². The fourth-order valence-corrected chi connectivity index (χ4v) is 3.70. The lowest BCUT2D eigenvalue weighted by Crippen LogP contribution is -2.18. The number of aromatic nitrogens is 3. The third kappa shape index (κ3) is 3.44. The maximum absolute atomic E-state index is 12.4. The van der Waals surface area contributed by atoms with Gasteiger partial charge in [-0.05, 0) is 31.2 Å². The van der Waals surface area contributed by atoms with Crippen molar-refractivity contribution in [3.05, 3.63) is 63.7 Å². The van der Waals surface area contributed by atoms with E-state index in [9.17, 15) is 14.9 Å². The Morgan fingerprint density at radius 1 is 1.30 bits per heavy atom. The van der Waals surface area contributed by atoms with Gasteiger partial charge in [0.1, 0.15) is 6.54 Å². The van der Waals surface area contributed by atoms with Crippen LogP contribution in [-0.4, -0.2) is 25.6 Å². The molecule has 0 radical (unpaired) electrons. The van der Waals surface area contributed by atoms with Gasteiger partial charge in [0.15, 0.2) is 5.82 Å². The molecule has 8 nitrogen and oxygen atoms in total. The lowest BCUT2D eigenvalue weighted by molar-refractivity contribution is -0.384. The van der Waals surface area contributed by atoms with Crippen molar-refractivity contribution in [2.24, 2.45) is 0 Å². The van der Waals surface area contributed by atoms with Crippen LogP contribution in [-0.2, 0) is 11.3 Å². The lowest BCUT2D eigenvalue weighted by atomic mass is 10.2. The normalized spacial score (nSPS) is 11.0. The number of hydrogen-bond donors (Lipinski definition) is 2. The van der Waals surface area contributed by atoms with E-state index in [4.69, 9.17) is 0 Å². The number of benzene rings is 1. The number of fused-ring (bicyclic) bond motifs is 1. The van der Waals surface area contributed by atoms with Crippen LogP contribution in [0.2, 0.25) is 0 Å².